The Hall–Kier alpha value is -0.260. The first-order valence-corrected chi connectivity index (χ1v) is 4.38. The normalized spacial score (nSPS) is 16.2. The van der Waals surface area contributed by atoms with Crippen molar-refractivity contribution in [3.8, 4) is 0 Å². The lowest BCUT2D eigenvalue weighted by Gasteiger charge is -2.21. The highest BCUT2D eigenvalue weighted by Crippen LogP contribution is 2.05. The summed E-state index contributed by atoms with van der Waals surface area (Å²) in [6.07, 6.45) is -1.68. The summed E-state index contributed by atoms with van der Waals surface area (Å²) in [6, 6.07) is -0.367. The molecule has 0 aromatic heterocycles. The van der Waals surface area contributed by atoms with E-state index in [1.165, 1.54) is 0 Å². The van der Waals surface area contributed by atoms with Crippen molar-refractivity contribution in [2.24, 2.45) is 5.73 Å². The maximum absolute atomic E-state index is 11.7. The van der Waals surface area contributed by atoms with Gasteiger partial charge in [-0.2, -0.15) is 0 Å². The first-order valence-electron chi connectivity index (χ1n) is 4.38. The molecule has 0 spiro atoms. The molecule has 0 aliphatic rings. The highest BCUT2D eigenvalue weighted by molar-refractivity contribution is 4.72. The van der Waals surface area contributed by atoms with Crippen LogP contribution in [0.25, 0.3) is 0 Å². The van der Waals surface area contributed by atoms with Crippen molar-refractivity contribution in [1.29, 1.82) is 0 Å². The third-order valence-electron chi connectivity index (χ3n) is 1.72. The number of rotatable bonds is 7. The predicted octanol–water partition coefficient (Wildman–Crippen LogP) is 0.756. The van der Waals surface area contributed by atoms with E-state index in [1.807, 2.05) is 6.92 Å². The molecule has 80 valence electrons. The second-order valence-electron chi connectivity index (χ2n) is 2.90. The number of hydrogen-bond donors (Lipinski definition) is 2. The van der Waals surface area contributed by atoms with E-state index in [-0.39, 0.29) is 12.6 Å². The standard InChI is InChI=1S/C8H17F2NO2/c1-2-3-6(11)7(4-12)13-5-8(9)10/h6-8,12H,2-5,11H2,1H3. The molecule has 13 heavy (non-hydrogen) atoms. The van der Waals surface area contributed by atoms with Crippen LogP contribution in [0.4, 0.5) is 8.78 Å². The maximum atomic E-state index is 11.7. The first kappa shape index (κ1) is 12.7. The van der Waals surface area contributed by atoms with Crippen LogP contribution < -0.4 is 5.73 Å². The minimum absolute atomic E-state index is 0.312. The lowest BCUT2D eigenvalue weighted by molar-refractivity contribution is -0.0537. The molecule has 2 atom stereocenters. The van der Waals surface area contributed by atoms with Crippen LogP contribution in [0.5, 0.6) is 0 Å². The van der Waals surface area contributed by atoms with Gasteiger partial charge in [-0.1, -0.05) is 13.3 Å². The number of nitrogens with two attached hydrogens (primary N) is 1. The molecule has 0 aromatic rings. The number of aliphatic hydroxyl groups excluding tert-OH is 1. The third kappa shape index (κ3) is 5.90. The highest BCUT2D eigenvalue weighted by atomic mass is 19.3. The molecule has 0 aliphatic heterocycles. The van der Waals surface area contributed by atoms with E-state index in [9.17, 15) is 8.78 Å². The van der Waals surface area contributed by atoms with Crippen molar-refractivity contribution in [1.82, 2.24) is 0 Å². The fourth-order valence-corrected chi connectivity index (χ4v) is 1.03. The Kier molecular flexibility index (Phi) is 7.03. The summed E-state index contributed by atoms with van der Waals surface area (Å²) >= 11 is 0. The Bertz CT molecular complexity index is 125. The van der Waals surface area contributed by atoms with Crippen LogP contribution in [0.2, 0.25) is 0 Å². The molecule has 0 aliphatic carbocycles. The summed E-state index contributed by atoms with van der Waals surface area (Å²) in [4.78, 5) is 0. The Morgan fingerprint density at radius 2 is 2.08 bits per heavy atom. The zero-order valence-corrected chi connectivity index (χ0v) is 7.75. The predicted molar refractivity (Wildman–Crippen MR) is 45.7 cm³/mol. The Balaban J connectivity index is 3.73. The first-order chi connectivity index (χ1) is 6.11. The molecule has 0 aromatic carbocycles. The largest absolute Gasteiger partial charge is 0.394 e. The number of hydrogen-bond acceptors (Lipinski definition) is 3. The molecule has 0 fully saturated rings. The summed E-state index contributed by atoms with van der Waals surface area (Å²) in [5.74, 6) is 0. The molecule has 0 saturated heterocycles. The van der Waals surface area contributed by atoms with Crippen molar-refractivity contribution in [3.05, 3.63) is 0 Å². The second kappa shape index (κ2) is 7.17. The molecule has 5 heteroatoms. The summed E-state index contributed by atoms with van der Waals surface area (Å²) in [5.41, 5.74) is 5.60. The van der Waals surface area contributed by atoms with Gasteiger partial charge in [0.1, 0.15) is 6.61 Å². The minimum atomic E-state index is -2.51. The van der Waals surface area contributed by atoms with Crippen LogP contribution in [0.3, 0.4) is 0 Å². The van der Waals surface area contributed by atoms with Crippen molar-refractivity contribution in [2.45, 2.75) is 38.3 Å². The molecule has 2 unspecified atom stereocenters. The van der Waals surface area contributed by atoms with Crippen LogP contribution in [0.1, 0.15) is 19.8 Å². The molecule has 3 nitrogen and oxygen atoms in total. The molecular weight excluding hydrogens is 180 g/mol. The van der Waals surface area contributed by atoms with E-state index < -0.39 is 19.1 Å². The van der Waals surface area contributed by atoms with E-state index in [2.05, 4.69) is 0 Å². The molecule has 0 heterocycles. The van der Waals surface area contributed by atoms with Gasteiger partial charge < -0.3 is 15.6 Å². The van der Waals surface area contributed by atoms with Crippen LogP contribution in [0, 0.1) is 0 Å². The van der Waals surface area contributed by atoms with E-state index in [4.69, 9.17) is 15.6 Å². The average molecular weight is 197 g/mol. The van der Waals surface area contributed by atoms with Gasteiger partial charge in [-0.05, 0) is 6.42 Å². The van der Waals surface area contributed by atoms with Crippen molar-refractivity contribution >= 4 is 0 Å². The van der Waals surface area contributed by atoms with E-state index >= 15 is 0 Å². The van der Waals surface area contributed by atoms with E-state index in [1.54, 1.807) is 0 Å². The third-order valence-corrected chi connectivity index (χ3v) is 1.72. The molecule has 0 rings (SSSR count). The van der Waals surface area contributed by atoms with Gasteiger partial charge in [-0.25, -0.2) is 8.78 Å². The Morgan fingerprint density at radius 3 is 2.46 bits per heavy atom. The van der Waals surface area contributed by atoms with Gasteiger partial charge in [0.05, 0.1) is 12.7 Å². The number of alkyl halides is 2. The van der Waals surface area contributed by atoms with Crippen LogP contribution >= 0.6 is 0 Å². The van der Waals surface area contributed by atoms with Crippen molar-refractivity contribution in [2.75, 3.05) is 13.2 Å². The van der Waals surface area contributed by atoms with Crippen LogP contribution in [0.15, 0.2) is 0 Å². The van der Waals surface area contributed by atoms with Gasteiger partial charge in [-0.3, -0.25) is 0 Å². The Morgan fingerprint density at radius 1 is 1.46 bits per heavy atom. The quantitative estimate of drug-likeness (QED) is 0.633. The van der Waals surface area contributed by atoms with Crippen molar-refractivity contribution < 1.29 is 18.6 Å². The molecule has 0 bridgehead atoms. The number of aliphatic hydroxyl groups is 1. The summed E-state index contributed by atoms with van der Waals surface area (Å²) in [6.45, 7) is 0.956. The average Bonchev–Trinajstić information content (AvgIpc) is 2.05. The molecular formula is C8H17F2NO2. The Labute approximate surface area is 76.9 Å². The maximum Gasteiger partial charge on any atom is 0.261 e. The monoisotopic (exact) mass is 197 g/mol. The summed E-state index contributed by atoms with van der Waals surface area (Å²) in [5, 5.41) is 8.79. The zero-order chi connectivity index (χ0) is 10.3. The van der Waals surface area contributed by atoms with E-state index in [0.717, 1.165) is 6.42 Å². The SMILES string of the molecule is CCCC(N)C(CO)OCC(F)F. The van der Waals surface area contributed by atoms with Gasteiger partial charge in [0.2, 0.25) is 0 Å². The van der Waals surface area contributed by atoms with Gasteiger partial charge in [0.25, 0.3) is 6.43 Å². The molecule has 0 saturated carbocycles. The lowest BCUT2D eigenvalue weighted by atomic mass is 10.1. The van der Waals surface area contributed by atoms with Gasteiger partial charge in [0.15, 0.2) is 0 Å². The van der Waals surface area contributed by atoms with Crippen LogP contribution in [-0.2, 0) is 4.74 Å². The molecule has 3 N–H and O–H groups in total. The highest BCUT2D eigenvalue weighted by Gasteiger charge is 2.18. The number of ether oxygens (including phenoxy) is 1. The second-order valence-corrected chi connectivity index (χ2v) is 2.90. The molecule has 0 radical (unpaired) electrons. The van der Waals surface area contributed by atoms with E-state index in [0.29, 0.717) is 6.42 Å². The van der Waals surface area contributed by atoms with Gasteiger partial charge in [-0.15, -0.1) is 0 Å². The summed E-state index contributed by atoms with van der Waals surface area (Å²) in [7, 11) is 0. The van der Waals surface area contributed by atoms with Crippen LogP contribution in [-0.4, -0.2) is 36.9 Å². The fraction of sp³-hybridized carbons (Fsp3) is 1.00. The zero-order valence-electron chi connectivity index (χ0n) is 7.75. The lowest BCUT2D eigenvalue weighted by Crippen LogP contribution is -2.40. The van der Waals surface area contributed by atoms with Crippen molar-refractivity contribution in [3.63, 3.8) is 0 Å². The molecule has 0 amide bonds. The number of halogens is 2. The smallest absolute Gasteiger partial charge is 0.261 e. The fourth-order valence-electron chi connectivity index (χ4n) is 1.03. The van der Waals surface area contributed by atoms with Gasteiger partial charge >= 0.3 is 0 Å². The minimum Gasteiger partial charge on any atom is -0.394 e. The van der Waals surface area contributed by atoms with Gasteiger partial charge in [0, 0.05) is 6.04 Å². The summed E-state index contributed by atoms with van der Waals surface area (Å²) < 4.78 is 28.2. The topological polar surface area (TPSA) is 55.5 Å².